The molecule has 0 saturated carbocycles. The van der Waals surface area contributed by atoms with Crippen molar-refractivity contribution in [2.75, 3.05) is 20.7 Å². The van der Waals surface area contributed by atoms with Gasteiger partial charge in [-0.1, -0.05) is 30.0 Å². The van der Waals surface area contributed by atoms with Gasteiger partial charge in [0.1, 0.15) is 10.6 Å². The molecular weight excluding hydrogens is 472 g/mol. The highest BCUT2D eigenvalue weighted by Crippen LogP contribution is 2.35. The molecule has 1 aliphatic rings. The summed E-state index contributed by atoms with van der Waals surface area (Å²) in [5.74, 6) is 1.18. The normalized spacial score (nSPS) is 13.7. The van der Waals surface area contributed by atoms with Crippen LogP contribution in [-0.2, 0) is 18.7 Å². The Morgan fingerprint density at radius 1 is 1.24 bits per heavy atom. The van der Waals surface area contributed by atoms with Crippen molar-refractivity contribution in [2.24, 2.45) is 0 Å². The molecule has 0 bridgehead atoms. The van der Waals surface area contributed by atoms with E-state index in [9.17, 15) is 14.9 Å². The van der Waals surface area contributed by atoms with Crippen LogP contribution in [0.3, 0.4) is 0 Å². The topological polar surface area (TPSA) is 90.5 Å². The van der Waals surface area contributed by atoms with E-state index in [0.717, 1.165) is 35.5 Å². The fraction of sp³-hybridized carbons (Fsp3) is 0.250. The average Bonchev–Trinajstić information content (AvgIpc) is 3.20. The van der Waals surface area contributed by atoms with E-state index < -0.39 is 4.92 Å². The van der Waals surface area contributed by atoms with E-state index in [2.05, 4.69) is 11.9 Å². The molecule has 8 nitrogen and oxygen atoms in total. The van der Waals surface area contributed by atoms with E-state index >= 15 is 0 Å². The van der Waals surface area contributed by atoms with Crippen molar-refractivity contribution in [3.8, 4) is 11.4 Å². The van der Waals surface area contributed by atoms with Crippen molar-refractivity contribution in [2.45, 2.75) is 23.9 Å². The third-order valence-electron chi connectivity index (χ3n) is 5.86. The summed E-state index contributed by atoms with van der Waals surface area (Å²) in [4.78, 5) is 33.6. The molecule has 2 aromatic heterocycles. The summed E-state index contributed by atoms with van der Waals surface area (Å²) in [5, 5.41) is 12.2. The van der Waals surface area contributed by atoms with Gasteiger partial charge in [0.05, 0.1) is 23.1 Å². The maximum absolute atomic E-state index is 13.9. The fourth-order valence-electron chi connectivity index (χ4n) is 4.09. The van der Waals surface area contributed by atoms with Gasteiger partial charge in [0.2, 0.25) is 0 Å². The predicted octanol–water partition coefficient (Wildman–Crippen LogP) is 4.64. The van der Waals surface area contributed by atoms with Crippen LogP contribution in [0.5, 0.6) is 5.75 Å². The molecule has 0 amide bonds. The molecule has 3 heterocycles. The zero-order valence-electron chi connectivity index (χ0n) is 18.7. The average molecular weight is 495 g/mol. The van der Waals surface area contributed by atoms with E-state index in [-0.39, 0.29) is 11.2 Å². The van der Waals surface area contributed by atoms with Crippen LogP contribution in [0.4, 0.5) is 5.69 Å². The number of rotatable bonds is 6. The van der Waals surface area contributed by atoms with Gasteiger partial charge in [0.25, 0.3) is 11.2 Å². The Morgan fingerprint density at radius 3 is 2.76 bits per heavy atom. The summed E-state index contributed by atoms with van der Waals surface area (Å²) in [5.41, 5.74) is 2.69. The number of hydrogen-bond acceptors (Lipinski definition) is 8. The minimum absolute atomic E-state index is 0.0516. The summed E-state index contributed by atoms with van der Waals surface area (Å²) in [6.45, 7) is 1.73. The van der Waals surface area contributed by atoms with Crippen molar-refractivity contribution < 1.29 is 9.66 Å². The lowest BCUT2D eigenvalue weighted by Gasteiger charge is -2.21. The Morgan fingerprint density at radius 2 is 2.03 bits per heavy atom. The van der Waals surface area contributed by atoms with Crippen molar-refractivity contribution in [1.29, 1.82) is 0 Å². The van der Waals surface area contributed by atoms with E-state index in [4.69, 9.17) is 9.72 Å². The number of non-ortho nitro benzene ring substituents is 1. The number of thioether (sulfide) groups is 1. The fourth-order valence-corrected chi connectivity index (χ4v) is 6.40. The molecule has 0 fully saturated rings. The smallest absolute Gasteiger partial charge is 0.269 e. The van der Waals surface area contributed by atoms with Crippen LogP contribution in [0.15, 0.2) is 58.5 Å². The Hall–Kier alpha value is -3.21. The van der Waals surface area contributed by atoms with Gasteiger partial charge in [0, 0.05) is 41.9 Å². The zero-order chi connectivity index (χ0) is 23.8. The van der Waals surface area contributed by atoms with Gasteiger partial charge >= 0.3 is 0 Å². The number of methoxy groups -OCH3 is 1. The van der Waals surface area contributed by atoms with Crippen LogP contribution in [0.25, 0.3) is 15.9 Å². The first-order valence-electron chi connectivity index (χ1n) is 10.7. The number of nitro benzene ring substituents is 1. The maximum Gasteiger partial charge on any atom is 0.269 e. The molecule has 0 saturated heterocycles. The molecule has 0 atom stereocenters. The summed E-state index contributed by atoms with van der Waals surface area (Å²) in [6, 6.07) is 13.9. The Kier molecular flexibility index (Phi) is 6.11. The van der Waals surface area contributed by atoms with Gasteiger partial charge in [-0.05, 0) is 36.7 Å². The summed E-state index contributed by atoms with van der Waals surface area (Å²) in [6.07, 6.45) is 0.830. The highest BCUT2D eigenvalue weighted by atomic mass is 32.2. The van der Waals surface area contributed by atoms with Gasteiger partial charge in [-0.25, -0.2) is 4.98 Å². The third-order valence-corrected chi connectivity index (χ3v) is 7.98. The standard InChI is InChI=1S/C24H22N4O4S2/c1-26-11-10-19-20(13-26)34-22-21(19)23(29)27(17-4-3-5-18(12-17)32-2)24(25-22)33-14-15-6-8-16(9-7-15)28(30)31/h3-9,12H,10-11,13-14H2,1-2H3. The van der Waals surface area contributed by atoms with E-state index in [1.807, 2.05) is 24.3 Å². The van der Waals surface area contributed by atoms with Gasteiger partial charge in [-0.3, -0.25) is 19.5 Å². The molecule has 0 spiro atoms. The van der Waals surface area contributed by atoms with E-state index in [1.54, 1.807) is 35.1 Å². The van der Waals surface area contributed by atoms with E-state index in [0.29, 0.717) is 27.7 Å². The maximum atomic E-state index is 13.9. The third kappa shape index (κ3) is 4.20. The number of aromatic nitrogens is 2. The SMILES string of the molecule is COc1cccc(-n2c(SCc3ccc([N+](=O)[O-])cc3)nc3sc4c(c3c2=O)CCN(C)C4)c1. The molecule has 4 aromatic rings. The first-order valence-corrected chi connectivity index (χ1v) is 12.5. The number of ether oxygens (including phenoxy) is 1. The van der Waals surface area contributed by atoms with Crippen molar-refractivity contribution in [3.05, 3.63) is 85.0 Å². The molecule has 10 heteroatoms. The highest BCUT2D eigenvalue weighted by Gasteiger charge is 2.24. The largest absolute Gasteiger partial charge is 0.497 e. The van der Waals surface area contributed by atoms with Crippen LogP contribution < -0.4 is 10.3 Å². The van der Waals surface area contributed by atoms with Crippen LogP contribution in [0, 0.1) is 10.1 Å². The van der Waals surface area contributed by atoms with E-state index in [1.165, 1.54) is 28.8 Å². The molecule has 0 radical (unpaired) electrons. The quantitative estimate of drug-likeness (QED) is 0.167. The van der Waals surface area contributed by atoms with Crippen LogP contribution in [0.1, 0.15) is 16.0 Å². The molecule has 0 unspecified atom stereocenters. The number of likely N-dealkylation sites (N-methyl/N-ethyl adjacent to an activating group) is 1. The van der Waals surface area contributed by atoms with Crippen LogP contribution in [-0.4, -0.2) is 40.1 Å². The second-order valence-electron chi connectivity index (χ2n) is 8.12. The number of thiophene rings is 1. The lowest BCUT2D eigenvalue weighted by molar-refractivity contribution is -0.384. The minimum Gasteiger partial charge on any atom is -0.497 e. The number of hydrogen-bond donors (Lipinski definition) is 0. The summed E-state index contributed by atoms with van der Waals surface area (Å²) >= 11 is 3.03. The molecule has 0 aliphatic carbocycles. The van der Waals surface area contributed by atoms with Crippen molar-refractivity contribution >= 4 is 39.0 Å². The Bertz CT molecular complexity index is 1450. The second-order valence-corrected chi connectivity index (χ2v) is 10.1. The van der Waals surface area contributed by atoms with Gasteiger partial charge in [0.15, 0.2) is 5.16 Å². The predicted molar refractivity (Wildman–Crippen MR) is 134 cm³/mol. The van der Waals surface area contributed by atoms with Crippen molar-refractivity contribution in [3.63, 3.8) is 0 Å². The monoisotopic (exact) mass is 494 g/mol. The molecule has 34 heavy (non-hydrogen) atoms. The van der Waals surface area contributed by atoms with Gasteiger partial charge in [-0.15, -0.1) is 11.3 Å². The zero-order valence-corrected chi connectivity index (χ0v) is 20.3. The first-order chi connectivity index (χ1) is 16.4. The van der Waals surface area contributed by atoms with Crippen molar-refractivity contribution in [1.82, 2.24) is 14.5 Å². The van der Waals surface area contributed by atoms with Gasteiger partial charge < -0.3 is 9.64 Å². The molecule has 174 valence electrons. The molecular formula is C24H22N4O4S2. The number of fused-ring (bicyclic) bond motifs is 3. The number of benzene rings is 2. The number of nitro groups is 1. The lowest BCUT2D eigenvalue weighted by Crippen LogP contribution is -2.27. The molecule has 0 N–H and O–H groups in total. The van der Waals surface area contributed by atoms with Crippen LogP contribution >= 0.6 is 23.1 Å². The highest BCUT2D eigenvalue weighted by molar-refractivity contribution is 7.98. The molecule has 5 rings (SSSR count). The molecule has 1 aliphatic heterocycles. The summed E-state index contributed by atoms with van der Waals surface area (Å²) in [7, 11) is 3.68. The number of nitrogens with zero attached hydrogens (tertiary/aromatic N) is 4. The second kappa shape index (κ2) is 9.21. The van der Waals surface area contributed by atoms with Crippen LogP contribution in [0.2, 0.25) is 0 Å². The molecule has 2 aromatic carbocycles. The summed E-state index contributed by atoms with van der Waals surface area (Å²) < 4.78 is 7.05. The van der Waals surface area contributed by atoms with Gasteiger partial charge in [-0.2, -0.15) is 0 Å². The minimum atomic E-state index is -0.414. The Balaban J connectivity index is 1.61. The Labute approximate surface area is 204 Å². The first kappa shape index (κ1) is 22.6. The lowest BCUT2D eigenvalue weighted by atomic mass is 10.1.